The SMILES string of the molecule is NC(N)=N/N=C/c1cccc(C(F)(F)F)c1Cl. The number of nitrogens with zero attached hydrogens (tertiary/aromatic N) is 2. The molecular weight excluding hydrogens is 257 g/mol. The summed E-state index contributed by atoms with van der Waals surface area (Å²) in [7, 11) is 0. The molecule has 0 radical (unpaired) electrons. The number of guanidine groups is 1. The molecule has 17 heavy (non-hydrogen) atoms. The van der Waals surface area contributed by atoms with Crippen molar-refractivity contribution in [2.75, 3.05) is 0 Å². The van der Waals surface area contributed by atoms with Crippen LogP contribution in [0.3, 0.4) is 0 Å². The molecule has 0 aliphatic rings. The summed E-state index contributed by atoms with van der Waals surface area (Å²) < 4.78 is 37.4. The van der Waals surface area contributed by atoms with Crippen LogP contribution in [0.5, 0.6) is 0 Å². The molecule has 0 spiro atoms. The fourth-order valence-corrected chi connectivity index (χ4v) is 1.31. The first kappa shape index (κ1) is 13.3. The van der Waals surface area contributed by atoms with E-state index in [1.807, 2.05) is 0 Å². The first-order valence-corrected chi connectivity index (χ1v) is 4.68. The molecule has 92 valence electrons. The van der Waals surface area contributed by atoms with Gasteiger partial charge in [0, 0.05) is 5.56 Å². The zero-order chi connectivity index (χ0) is 13.1. The standard InChI is InChI=1S/C9H8ClF3N4/c10-7-5(4-16-17-8(14)15)2-1-3-6(7)9(11,12)13/h1-4H,(H4,14,15,17)/b16-4+. The van der Waals surface area contributed by atoms with Crippen molar-refractivity contribution in [3.63, 3.8) is 0 Å². The zero-order valence-corrected chi connectivity index (χ0v) is 9.13. The fourth-order valence-electron chi connectivity index (χ4n) is 1.03. The minimum absolute atomic E-state index is 0.0755. The molecule has 0 saturated carbocycles. The van der Waals surface area contributed by atoms with E-state index in [0.29, 0.717) is 0 Å². The Labute approximate surface area is 99.8 Å². The summed E-state index contributed by atoms with van der Waals surface area (Å²) in [5.74, 6) is -0.302. The van der Waals surface area contributed by atoms with Crippen molar-refractivity contribution >= 4 is 23.8 Å². The lowest BCUT2D eigenvalue weighted by atomic mass is 10.1. The summed E-state index contributed by atoms with van der Waals surface area (Å²) >= 11 is 5.59. The van der Waals surface area contributed by atoms with E-state index in [-0.39, 0.29) is 11.5 Å². The van der Waals surface area contributed by atoms with E-state index in [0.717, 1.165) is 12.3 Å². The number of benzene rings is 1. The van der Waals surface area contributed by atoms with Crippen LogP contribution in [0.2, 0.25) is 5.02 Å². The maximum atomic E-state index is 12.5. The van der Waals surface area contributed by atoms with Crippen molar-refractivity contribution < 1.29 is 13.2 Å². The van der Waals surface area contributed by atoms with Crippen molar-refractivity contribution in [3.05, 3.63) is 34.3 Å². The topological polar surface area (TPSA) is 76.8 Å². The van der Waals surface area contributed by atoms with Gasteiger partial charge in [0.1, 0.15) is 0 Å². The van der Waals surface area contributed by atoms with Gasteiger partial charge in [-0.25, -0.2) is 0 Å². The van der Waals surface area contributed by atoms with Crippen LogP contribution in [0, 0.1) is 0 Å². The first-order valence-electron chi connectivity index (χ1n) is 4.30. The number of halogens is 4. The van der Waals surface area contributed by atoms with Crippen molar-refractivity contribution in [1.82, 2.24) is 0 Å². The van der Waals surface area contributed by atoms with Gasteiger partial charge in [0.15, 0.2) is 0 Å². The van der Waals surface area contributed by atoms with Gasteiger partial charge in [0.25, 0.3) is 0 Å². The molecule has 4 nitrogen and oxygen atoms in total. The highest BCUT2D eigenvalue weighted by Crippen LogP contribution is 2.35. The summed E-state index contributed by atoms with van der Waals surface area (Å²) in [6, 6.07) is 3.45. The van der Waals surface area contributed by atoms with Gasteiger partial charge < -0.3 is 11.5 Å². The fraction of sp³-hybridized carbons (Fsp3) is 0.111. The second kappa shape index (κ2) is 5.05. The molecule has 0 heterocycles. The lowest BCUT2D eigenvalue weighted by molar-refractivity contribution is -0.137. The number of hydrogen-bond donors (Lipinski definition) is 2. The monoisotopic (exact) mass is 264 g/mol. The summed E-state index contributed by atoms with van der Waals surface area (Å²) in [5, 5.41) is 6.19. The normalized spacial score (nSPS) is 11.8. The molecule has 0 atom stereocenters. The molecule has 1 rings (SSSR count). The van der Waals surface area contributed by atoms with Crippen LogP contribution in [0.15, 0.2) is 28.4 Å². The first-order chi connectivity index (χ1) is 7.82. The molecule has 0 aliphatic carbocycles. The smallest absolute Gasteiger partial charge is 0.369 e. The molecule has 0 amide bonds. The van der Waals surface area contributed by atoms with Crippen LogP contribution < -0.4 is 11.5 Å². The third-order valence-electron chi connectivity index (χ3n) is 1.70. The quantitative estimate of drug-likeness (QED) is 0.487. The Morgan fingerprint density at radius 1 is 1.29 bits per heavy atom. The Hall–Kier alpha value is -1.76. The van der Waals surface area contributed by atoms with Crippen molar-refractivity contribution in [2.24, 2.45) is 21.7 Å². The van der Waals surface area contributed by atoms with Crippen LogP contribution in [0.1, 0.15) is 11.1 Å². The van der Waals surface area contributed by atoms with E-state index < -0.39 is 16.8 Å². The predicted octanol–water partition coefficient (Wildman–Crippen LogP) is 1.97. The van der Waals surface area contributed by atoms with Gasteiger partial charge >= 0.3 is 6.18 Å². The number of nitrogens with two attached hydrogens (primary N) is 2. The van der Waals surface area contributed by atoms with Gasteiger partial charge in [0.05, 0.1) is 16.8 Å². The van der Waals surface area contributed by atoms with Crippen LogP contribution in [-0.4, -0.2) is 12.2 Å². The second-order valence-electron chi connectivity index (χ2n) is 2.98. The average Bonchev–Trinajstić information content (AvgIpc) is 2.18. The van der Waals surface area contributed by atoms with E-state index >= 15 is 0 Å². The molecule has 0 saturated heterocycles. The van der Waals surface area contributed by atoms with Crippen LogP contribution in [0.4, 0.5) is 13.2 Å². The number of hydrogen-bond acceptors (Lipinski definition) is 2. The molecule has 1 aromatic carbocycles. The van der Waals surface area contributed by atoms with Gasteiger partial charge in [-0.1, -0.05) is 23.7 Å². The Kier molecular flexibility index (Phi) is 3.95. The lowest BCUT2D eigenvalue weighted by Gasteiger charge is -2.09. The van der Waals surface area contributed by atoms with Gasteiger partial charge in [-0.15, -0.1) is 5.10 Å². The van der Waals surface area contributed by atoms with Crippen molar-refractivity contribution in [1.29, 1.82) is 0 Å². The van der Waals surface area contributed by atoms with E-state index in [4.69, 9.17) is 23.1 Å². The van der Waals surface area contributed by atoms with Crippen molar-refractivity contribution in [3.8, 4) is 0 Å². The summed E-state index contributed by atoms with van der Waals surface area (Å²) in [6.07, 6.45) is -3.48. The Balaban J connectivity index is 3.12. The van der Waals surface area contributed by atoms with E-state index in [2.05, 4.69) is 10.2 Å². The van der Waals surface area contributed by atoms with Crippen LogP contribution >= 0.6 is 11.6 Å². The predicted molar refractivity (Wildman–Crippen MR) is 59.9 cm³/mol. The molecule has 4 N–H and O–H groups in total. The lowest BCUT2D eigenvalue weighted by Crippen LogP contribution is -2.21. The van der Waals surface area contributed by atoms with Crippen LogP contribution in [0.25, 0.3) is 0 Å². The Morgan fingerprint density at radius 2 is 1.94 bits per heavy atom. The molecule has 0 bridgehead atoms. The maximum Gasteiger partial charge on any atom is 0.417 e. The van der Waals surface area contributed by atoms with Crippen LogP contribution in [-0.2, 0) is 6.18 Å². The minimum atomic E-state index is -4.52. The molecular formula is C9H8ClF3N4. The summed E-state index contributed by atoms with van der Waals surface area (Å²) in [4.78, 5) is 0. The van der Waals surface area contributed by atoms with E-state index in [1.54, 1.807) is 0 Å². The average molecular weight is 265 g/mol. The highest BCUT2D eigenvalue weighted by molar-refractivity contribution is 6.33. The molecule has 0 aromatic heterocycles. The zero-order valence-electron chi connectivity index (χ0n) is 8.37. The largest absolute Gasteiger partial charge is 0.417 e. The Bertz CT molecular complexity index is 464. The summed E-state index contributed by atoms with van der Waals surface area (Å²) in [5.41, 5.74) is 9.13. The highest BCUT2D eigenvalue weighted by Gasteiger charge is 2.33. The summed E-state index contributed by atoms with van der Waals surface area (Å²) in [6.45, 7) is 0. The van der Waals surface area contributed by atoms with E-state index in [9.17, 15) is 13.2 Å². The van der Waals surface area contributed by atoms with Gasteiger partial charge in [0.2, 0.25) is 5.96 Å². The molecule has 1 aromatic rings. The minimum Gasteiger partial charge on any atom is -0.369 e. The Morgan fingerprint density at radius 3 is 2.47 bits per heavy atom. The third-order valence-corrected chi connectivity index (χ3v) is 2.13. The molecule has 8 heteroatoms. The van der Waals surface area contributed by atoms with Gasteiger partial charge in [-0.3, -0.25) is 0 Å². The number of rotatable bonds is 2. The second-order valence-corrected chi connectivity index (χ2v) is 3.35. The van der Waals surface area contributed by atoms with Gasteiger partial charge in [-0.05, 0) is 6.07 Å². The molecule has 0 fully saturated rings. The molecule has 0 unspecified atom stereocenters. The third kappa shape index (κ3) is 3.63. The van der Waals surface area contributed by atoms with Gasteiger partial charge in [-0.2, -0.15) is 18.3 Å². The van der Waals surface area contributed by atoms with E-state index in [1.165, 1.54) is 12.1 Å². The maximum absolute atomic E-state index is 12.5. The van der Waals surface area contributed by atoms with Crippen molar-refractivity contribution in [2.45, 2.75) is 6.18 Å². The number of alkyl halides is 3. The molecule has 0 aliphatic heterocycles. The highest BCUT2D eigenvalue weighted by atomic mass is 35.5.